The molecule has 3 nitrogen and oxygen atoms in total. The van der Waals surface area contributed by atoms with Crippen LogP contribution in [0.4, 0.5) is 14.5 Å². The van der Waals surface area contributed by atoms with Gasteiger partial charge in [-0.2, -0.15) is 8.78 Å². The van der Waals surface area contributed by atoms with Crippen LogP contribution in [0.15, 0.2) is 24.3 Å². The van der Waals surface area contributed by atoms with Gasteiger partial charge in [-0.05, 0) is 30.5 Å². The molecule has 0 aromatic heterocycles. The Hall–Kier alpha value is -1.36. The van der Waals surface area contributed by atoms with Crippen molar-refractivity contribution in [1.82, 2.24) is 0 Å². The van der Waals surface area contributed by atoms with E-state index >= 15 is 0 Å². The summed E-state index contributed by atoms with van der Waals surface area (Å²) in [5.41, 5.74) is 6.23. The van der Waals surface area contributed by atoms with Gasteiger partial charge >= 0.3 is 6.61 Å². The first kappa shape index (κ1) is 14.7. The van der Waals surface area contributed by atoms with Gasteiger partial charge in [0.15, 0.2) is 0 Å². The van der Waals surface area contributed by atoms with Gasteiger partial charge in [0.05, 0.1) is 5.69 Å². The number of nitrogens with two attached hydrogens (primary N) is 1. The summed E-state index contributed by atoms with van der Waals surface area (Å²) in [5, 5.41) is 3.11. The highest BCUT2D eigenvalue weighted by Gasteiger charge is 2.13. The van der Waals surface area contributed by atoms with Gasteiger partial charge in [0.2, 0.25) is 0 Å². The van der Waals surface area contributed by atoms with Crippen LogP contribution in [0.5, 0.6) is 5.75 Å². The Kier molecular flexibility index (Phi) is 5.85. The van der Waals surface area contributed by atoms with E-state index < -0.39 is 6.61 Å². The lowest BCUT2D eigenvalue weighted by Crippen LogP contribution is -2.27. The lowest BCUT2D eigenvalue weighted by atomic mass is 9.96. The summed E-state index contributed by atoms with van der Waals surface area (Å²) < 4.78 is 28.9. The van der Waals surface area contributed by atoms with Crippen LogP contribution in [-0.2, 0) is 0 Å². The Morgan fingerprint density at radius 1 is 1.28 bits per heavy atom. The topological polar surface area (TPSA) is 47.3 Å². The zero-order chi connectivity index (χ0) is 13.5. The van der Waals surface area contributed by atoms with Crippen LogP contribution in [0.1, 0.15) is 13.8 Å². The Morgan fingerprint density at radius 3 is 2.50 bits per heavy atom. The summed E-state index contributed by atoms with van der Waals surface area (Å²) in [5.74, 6) is 0.891. The lowest BCUT2D eigenvalue weighted by Gasteiger charge is -2.21. The van der Waals surface area contributed by atoms with E-state index in [0.717, 1.165) is 0 Å². The molecule has 0 amide bonds. The molecule has 0 radical (unpaired) electrons. The maximum atomic E-state index is 12.2. The van der Waals surface area contributed by atoms with Crippen molar-refractivity contribution in [2.75, 3.05) is 18.4 Å². The van der Waals surface area contributed by atoms with Gasteiger partial charge < -0.3 is 15.8 Å². The lowest BCUT2D eigenvalue weighted by molar-refractivity contribution is -0.0493. The van der Waals surface area contributed by atoms with E-state index in [2.05, 4.69) is 23.9 Å². The molecule has 102 valence electrons. The van der Waals surface area contributed by atoms with Crippen molar-refractivity contribution in [1.29, 1.82) is 0 Å². The van der Waals surface area contributed by atoms with Crippen molar-refractivity contribution in [2.24, 2.45) is 17.6 Å². The fourth-order valence-corrected chi connectivity index (χ4v) is 1.64. The number of rotatable bonds is 7. The zero-order valence-electron chi connectivity index (χ0n) is 10.7. The molecule has 1 atom stereocenters. The van der Waals surface area contributed by atoms with Gasteiger partial charge in [0.1, 0.15) is 5.75 Å². The van der Waals surface area contributed by atoms with Gasteiger partial charge in [-0.1, -0.05) is 26.0 Å². The van der Waals surface area contributed by atoms with Gasteiger partial charge in [0.25, 0.3) is 0 Å². The van der Waals surface area contributed by atoms with Crippen LogP contribution < -0.4 is 15.8 Å². The minimum atomic E-state index is -2.82. The Morgan fingerprint density at radius 2 is 1.94 bits per heavy atom. The Balaban J connectivity index is 2.66. The SMILES string of the molecule is CC(C)C(CN)CNc1ccccc1OC(F)F. The molecule has 3 N–H and O–H groups in total. The van der Waals surface area contributed by atoms with E-state index in [-0.39, 0.29) is 5.75 Å². The number of ether oxygens (including phenoxy) is 1. The van der Waals surface area contributed by atoms with E-state index in [4.69, 9.17) is 5.73 Å². The van der Waals surface area contributed by atoms with Crippen LogP contribution in [0.25, 0.3) is 0 Å². The monoisotopic (exact) mass is 258 g/mol. The molecule has 0 bridgehead atoms. The average molecular weight is 258 g/mol. The van der Waals surface area contributed by atoms with Crippen LogP contribution in [0.2, 0.25) is 0 Å². The summed E-state index contributed by atoms with van der Waals surface area (Å²) in [7, 11) is 0. The molecule has 1 aromatic carbocycles. The molecule has 1 rings (SSSR count). The van der Waals surface area contributed by atoms with Gasteiger partial charge in [-0.25, -0.2) is 0 Å². The van der Waals surface area contributed by atoms with Crippen LogP contribution in [-0.4, -0.2) is 19.7 Å². The molecule has 0 heterocycles. The fraction of sp³-hybridized carbons (Fsp3) is 0.538. The quantitative estimate of drug-likeness (QED) is 0.790. The number of anilines is 1. The van der Waals surface area contributed by atoms with E-state index in [1.54, 1.807) is 18.2 Å². The van der Waals surface area contributed by atoms with Crippen molar-refractivity contribution >= 4 is 5.69 Å². The van der Waals surface area contributed by atoms with E-state index in [1.807, 2.05) is 0 Å². The van der Waals surface area contributed by atoms with Gasteiger partial charge in [-0.3, -0.25) is 0 Å². The van der Waals surface area contributed by atoms with Crippen LogP contribution in [0.3, 0.4) is 0 Å². The summed E-state index contributed by atoms with van der Waals surface area (Å²) in [6, 6.07) is 6.66. The second-order valence-corrected chi connectivity index (χ2v) is 4.50. The number of halogens is 2. The Bertz CT molecular complexity index is 359. The fourth-order valence-electron chi connectivity index (χ4n) is 1.64. The van der Waals surface area contributed by atoms with Crippen LogP contribution >= 0.6 is 0 Å². The minimum Gasteiger partial charge on any atom is -0.433 e. The number of para-hydroxylation sites is 2. The molecule has 1 aromatic rings. The smallest absolute Gasteiger partial charge is 0.387 e. The zero-order valence-corrected chi connectivity index (χ0v) is 10.7. The first-order valence-electron chi connectivity index (χ1n) is 6.02. The van der Waals surface area contributed by atoms with Crippen molar-refractivity contribution in [3.05, 3.63) is 24.3 Å². The number of benzene rings is 1. The van der Waals surface area contributed by atoms with Gasteiger partial charge in [-0.15, -0.1) is 0 Å². The maximum Gasteiger partial charge on any atom is 0.387 e. The van der Waals surface area contributed by atoms with E-state index in [0.29, 0.717) is 30.6 Å². The molecule has 0 fully saturated rings. The molecule has 0 aliphatic heterocycles. The second-order valence-electron chi connectivity index (χ2n) is 4.50. The van der Waals surface area contributed by atoms with Gasteiger partial charge in [0, 0.05) is 6.54 Å². The molecular formula is C13H20F2N2O. The highest BCUT2D eigenvalue weighted by molar-refractivity contribution is 5.56. The Labute approximate surface area is 106 Å². The molecule has 1 unspecified atom stereocenters. The molecule has 0 saturated carbocycles. The third-order valence-corrected chi connectivity index (χ3v) is 2.90. The van der Waals surface area contributed by atoms with E-state index in [9.17, 15) is 8.78 Å². The number of nitrogens with one attached hydrogen (secondary N) is 1. The first-order chi connectivity index (χ1) is 8.54. The van der Waals surface area contributed by atoms with Crippen molar-refractivity contribution in [3.63, 3.8) is 0 Å². The summed E-state index contributed by atoms with van der Waals surface area (Å²) in [6.45, 7) is 2.55. The number of hydrogen-bond donors (Lipinski definition) is 2. The van der Waals surface area contributed by atoms with Crippen molar-refractivity contribution < 1.29 is 13.5 Å². The molecule has 5 heteroatoms. The standard InChI is InChI=1S/C13H20F2N2O/c1-9(2)10(7-16)8-17-11-5-3-4-6-12(11)18-13(14)15/h3-6,9-10,13,17H,7-8,16H2,1-2H3. The number of hydrogen-bond acceptors (Lipinski definition) is 3. The van der Waals surface area contributed by atoms with Crippen LogP contribution in [0, 0.1) is 11.8 Å². The third-order valence-electron chi connectivity index (χ3n) is 2.90. The summed E-state index contributed by atoms with van der Waals surface area (Å²) in [6.07, 6.45) is 0. The molecular weight excluding hydrogens is 238 g/mol. The highest BCUT2D eigenvalue weighted by atomic mass is 19.3. The number of alkyl halides is 2. The predicted molar refractivity (Wildman–Crippen MR) is 68.9 cm³/mol. The highest BCUT2D eigenvalue weighted by Crippen LogP contribution is 2.26. The average Bonchev–Trinajstić information content (AvgIpc) is 2.30. The largest absolute Gasteiger partial charge is 0.433 e. The third kappa shape index (κ3) is 4.49. The van der Waals surface area contributed by atoms with E-state index in [1.165, 1.54) is 6.07 Å². The summed E-state index contributed by atoms with van der Waals surface area (Å²) in [4.78, 5) is 0. The van der Waals surface area contributed by atoms with Crippen molar-refractivity contribution in [2.45, 2.75) is 20.5 Å². The molecule has 18 heavy (non-hydrogen) atoms. The molecule has 0 aliphatic carbocycles. The summed E-state index contributed by atoms with van der Waals surface area (Å²) >= 11 is 0. The first-order valence-corrected chi connectivity index (χ1v) is 6.02. The molecule has 0 saturated heterocycles. The van der Waals surface area contributed by atoms with Crippen molar-refractivity contribution in [3.8, 4) is 5.75 Å². The maximum absolute atomic E-state index is 12.2. The second kappa shape index (κ2) is 7.16. The molecule has 0 aliphatic rings. The normalized spacial score (nSPS) is 12.8. The predicted octanol–water partition coefficient (Wildman–Crippen LogP) is 2.93. The molecule has 0 spiro atoms. The minimum absolute atomic E-state index is 0.159.